The highest BCUT2D eigenvalue weighted by Gasteiger charge is 2.44. The molecule has 4 rings (SSSR count). The van der Waals surface area contributed by atoms with Crippen LogP contribution in [0.15, 0.2) is 48.5 Å². The maximum absolute atomic E-state index is 11.6. The molecule has 0 amide bonds. The molecule has 0 saturated carbocycles. The van der Waals surface area contributed by atoms with E-state index in [1.54, 1.807) is 0 Å². The first-order chi connectivity index (χ1) is 11.6. The number of carboxylic acids is 1. The Morgan fingerprint density at radius 3 is 2.75 bits per heavy atom. The molecule has 3 aromatic rings. The van der Waals surface area contributed by atoms with Gasteiger partial charge in [0.15, 0.2) is 0 Å². The molecule has 1 unspecified atom stereocenters. The Balaban J connectivity index is 2.03. The fourth-order valence-corrected chi connectivity index (χ4v) is 3.94. The van der Waals surface area contributed by atoms with E-state index in [1.807, 2.05) is 48.5 Å². The zero-order chi connectivity index (χ0) is 16.7. The van der Waals surface area contributed by atoms with Crippen molar-refractivity contribution in [2.75, 3.05) is 6.61 Å². The van der Waals surface area contributed by atoms with Crippen molar-refractivity contribution >= 4 is 28.5 Å². The molecule has 1 aliphatic rings. The van der Waals surface area contributed by atoms with Crippen LogP contribution in [0.3, 0.4) is 0 Å². The SMILES string of the molecule is O=C(O)CC1(c2ccccc2)OCCc2c1[nH]c1cccc(Cl)c21. The molecule has 5 heteroatoms. The summed E-state index contributed by atoms with van der Waals surface area (Å²) in [5, 5.41) is 11.2. The van der Waals surface area contributed by atoms with Crippen molar-refractivity contribution in [1.82, 2.24) is 4.98 Å². The molecule has 24 heavy (non-hydrogen) atoms. The summed E-state index contributed by atoms with van der Waals surface area (Å²) in [5.41, 5.74) is 2.56. The normalized spacial score (nSPS) is 20.0. The molecule has 4 nitrogen and oxygen atoms in total. The third-order valence-electron chi connectivity index (χ3n) is 4.62. The van der Waals surface area contributed by atoms with E-state index in [2.05, 4.69) is 4.98 Å². The van der Waals surface area contributed by atoms with Crippen molar-refractivity contribution in [2.24, 2.45) is 0 Å². The third kappa shape index (κ3) is 2.22. The van der Waals surface area contributed by atoms with Gasteiger partial charge in [-0.25, -0.2) is 0 Å². The van der Waals surface area contributed by atoms with Crippen LogP contribution in [-0.4, -0.2) is 22.7 Å². The summed E-state index contributed by atoms with van der Waals surface area (Å²) in [6.07, 6.45) is 0.557. The maximum Gasteiger partial charge on any atom is 0.307 e. The van der Waals surface area contributed by atoms with Gasteiger partial charge in [0.1, 0.15) is 5.60 Å². The van der Waals surface area contributed by atoms with Gasteiger partial charge < -0.3 is 14.8 Å². The minimum Gasteiger partial charge on any atom is -0.481 e. The third-order valence-corrected chi connectivity index (χ3v) is 4.94. The number of nitrogens with one attached hydrogen (secondary N) is 1. The number of ether oxygens (including phenoxy) is 1. The summed E-state index contributed by atoms with van der Waals surface area (Å²) in [6, 6.07) is 15.2. The van der Waals surface area contributed by atoms with Gasteiger partial charge in [0.25, 0.3) is 0 Å². The predicted molar refractivity (Wildman–Crippen MR) is 92.4 cm³/mol. The molecular weight excluding hydrogens is 326 g/mol. The van der Waals surface area contributed by atoms with E-state index in [4.69, 9.17) is 16.3 Å². The summed E-state index contributed by atoms with van der Waals surface area (Å²) < 4.78 is 6.10. The Labute approximate surface area is 144 Å². The van der Waals surface area contributed by atoms with Crippen molar-refractivity contribution < 1.29 is 14.6 Å². The first-order valence-electron chi connectivity index (χ1n) is 7.82. The first kappa shape index (κ1) is 15.2. The van der Waals surface area contributed by atoms with Crippen molar-refractivity contribution in [3.05, 3.63) is 70.4 Å². The Morgan fingerprint density at radius 2 is 2.00 bits per heavy atom. The molecule has 0 radical (unpaired) electrons. The van der Waals surface area contributed by atoms with Gasteiger partial charge in [-0.2, -0.15) is 0 Å². The highest BCUT2D eigenvalue weighted by Crippen LogP contribution is 2.45. The predicted octanol–water partition coefficient (Wildman–Crippen LogP) is 4.11. The highest BCUT2D eigenvalue weighted by molar-refractivity contribution is 6.35. The standard InChI is InChI=1S/C19H16ClNO3/c20-14-7-4-8-15-17(14)13-9-10-24-19(11-16(22)23,18(13)21-15)12-5-2-1-3-6-12/h1-8,21H,9-11H2,(H,22,23). The van der Waals surface area contributed by atoms with Crippen LogP contribution >= 0.6 is 11.6 Å². The topological polar surface area (TPSA) is 62.3 Å². The van der Waals surface area contributed by atoms with E-state index in [1.165, 1.54) is 0 Å². The summed E-state index contributed by atoms with van der Waals surface area (Å²) in [5.74, 6) is -0.906. The number of benzene rings is 2. The van der Waals surface area contributed by atoms with Gasteiger partial charge in [-0.15, -0.1) is 0 Å². The van der Waals surface area contributed by atoms with Gasteiger partial charge in [0.2, 0.25) is 0 Å². The van der Waals surface area contributed by atoms with Crippen LogP contribution in [0.25, 0.3) is 10.9 Å². The minimum atomic E-state index is -1.02. The Morgan fingerprint density at radius 1 is 1.21 bits per heavy atom. The fraction of sp³-hybridized carbons (Fsp3) is 0.211. The second-order valence-corrected chi connectivity index (χ2v) is 6.41. The molecular formula is C19H16ClNO3. The number of carboxylic acid groups (broad SMARTS) is 1. The number of rotatable bonds is 3. The second kappa shape index (κ2) is 5.65. The largest absolute Gasteiger partial charge is 0.481 e. The monoisotopic (exact) mass is 341 g/mol. The van der Waals surface area contributed by atoms with Gasteiger partial charge in [-0.3, -0.25) is 4.79 Å². The van der Waals surface area contributed by atoms with Gasteiger partial charge in [0.05, 0.1) is 23.7 Å². The Bertz CT molecular complexity index is 919. The average Bonchev–Trinajstić information content (AvgIpc) is 2.96. The van der Waals surface area contributed by atoms with Gasteiger partial charge in [0, 0.05) is 10.9 Å². The lowest BCUT2D eigenvalue weighted by Crippen LogP contribution is -2.39. The fourth-order valence-electron chi connectivity index (χ4n) is 3.65. The van der Waals surface area contributed by atoms with Crippen molar-refractivity contribution in [2.45, 2.75) is 18.4 Å². The molecule has 0 bridgehead atoms. The Hall–Kier alpha value is -2.30. The lowest BCUT2D eigenvalue weighted by Gasteiger charge is -2.37. The van der Waals surface area contributed by atoms with Crippen molar-refractivity contribution in [1.29, 1.82) is 0 Å². The lowest BCUT2D eigenvalue weighted by atomic mass is 9.82. The molecule has 0 fully saturated rings. The number of aromatic nitrogens is 1. The van der Waals surface area contributed by atoms with Crippen LogP contribution in [-0.2, 0) is 21.6 Å². The number of aliphatic carboxylic acids is 1. The molecule has 0 spiro atoms. The smallest absolute Gasteiger partial charge is 0.307 e. The van der Waals surface area contributed by atoms with Gasteiger partial charge >= 0.3 is 5.97 Å². The zero-order valence-electron chi connectivity index (χ0n) is 12.9. The lowest BCUT2D eigenvalue weighted by molar-refractivity contribution is -0.144. The minimum absolute atomic E-state index is 0.144. The molecule has 1 atom stereocenters. The van der Waals surface area contributed by atoms with Crippen molar-refractivity contribution in [3.8, 4) is 0 Å². The van der Waals surface area contributed by atoms with E-state index in [9.17, 15) is 9.90 Å². The first-order valence-corrected chi connectivity index (χ1v) is 8.20. The van der Waals surface area contributed by atoms with Gasteiger partial charge in [-0.05, 0) is 29.7 Å². The number of hydrogen-bond donors (Lipinski definition) is 2. The summed E-state index contributed by atoms with van der Waals surface area (Å²) in [6.45, 7) is 0.452. The van der Waals surface area contributed by atoms with Crippen LogP contribution < -0.4 is 0 Å². The molecule has 122 valence electrons. The number of aromatic amines is 1. The number of hydrogen-bond acceptors (Lipinski definition) is 2. The maximum atomic E-state index is 11.6. The van der Waals surface area contributed by atoms with Crippen LogP contribution in [0.1, 0.15) is 23.2 Å². The molecule has 2 heterocycles. The van der Waals surface area contributed by atoms with E-state index in [0.717, 1.165) is 27.7 Å². The van der Waals surface area contributed by atoms with E-state index in [-0.39, 0.29) is 6.42 Å². The molecule has 0 aliphatic carbocycles. The van der Waals surface area contributed by atoms with Crippen LogP contribution in [0.2, 0.25) is 5.02 Å². The zero-order valence-corrected chi connectivity index (χ0v) is 13.6. The summed E-state index contributed by atoms with van der Waals surface area (Å²) >= 11 is 6.40. The van der Waals surface area contributed by atoms with Crippen molar-refractivity contribution in [3.63, 3.8) is 0 Å². The summed E-state index contributed by atoms with van der Waals surface area (Å²) in [7, 11) is 0. The summed E-state index contributed by atoms with van der Waals surface area (Å²) in [4.78, 5) is 15.0. The molecule has 1 aliphatic heterocycles. The molecule has 1 aromatic heterocycles. The van der Waals surface area contributed by atoms with E-state index < -0.39 is 11.6 Å². The number of carbonyl (C=O) groups is 1. The number of fused-ring (bicyclic) bond motifs is 3. The number of halogens is 1. The second-order valence-electron chi connectivity index (χ2n) is 6.00. The average molecular weight is 342 g/mol. The highest BCUT2D eigenvalue weighted by atomic mass is 35.5. The molecule has 2 N–H and O–H groups in total. The van der Waals surface area contributed by atoms with Gasteiger partial charge in [-0.1, -0.05) is 48.0 Å². The Kier molecular flexibility index (Phi) is 3.59. The van der Waals surface area contributed by atoms with Crippen LogP contribution in [0.5, 0.6) is 0 Å². The molecule has 2 aromatic carbocycles. The van der Waals surface area contributed by atoms with Crippen LogP contribution in [0.4, 0.5) is 0 Å². The molecule has 0 saturated heterocycles. The number of H-pyrrole nitrogens is 1. The van der Waals surface area contributed by atoms with E-state index >= 15 is 0 Å². The quantitative estimate of drug-likeness (QED) is 0.753. The van der Waals surface area contributed by atoms with Crippen LogP contribution in [0, 0.1) is 0 Å². The van der Waals surface area contributed by atoms with E-state index in [0.29, 0.717) is 18.1 Å².